The van der Waals surface area contributed by atoms with Gasteiger partial charge >= 0.3 is 0 Å². The van der Waals surface area contributed by atoms with E-state index < -0.39 is 7.92 Å². The maximum absolute atomic E-state index is 4.79. The molecule has 0 unspecified atom stereocenters. The third-order valence-corrected chi connectivity index (χ3v) is 6.21. The molecule has 0 fully saturated rings. The predicted molar refractivity (Wildman–Crippen MR) is 100 cm³/mol. The van der Waals surface area contributed by atoms with Gasteiger partial charge in [-0.2, -0.15) is 0 Å². The van der Waals surface area contributed by atoms with E-state index in [2.05, 4.69) is 91.0 Å². The van der Waals surface area contributed by atoms with E-state index in [0.29, 0.717) is 0 Å². The Morgan fingerprint density at radius 2 is 1.09 bits per heavy atom. The number of hydrogen-bond donors (Lipinski definition) is 0. The summed E-state index contributed by atoms with van der Waals surface area (Å²) in [5.41, 5.74) is 1.15. The van der Waals surface area contributed by atoms with Crippen molar-refractivity contribution in [3.63, 3.8) is 0 Å². The van der Waals surface area contributed by atoms with Gasteiger partial charge in [0.15, 0.2) is 0 Å². The van der Waals surface area contributed by atoms with Crippen LogP contribution in [0.5, 0.6) is 0 Å². The summed E-state index contributed by atoms with van der Waals surface area (Å²) >= 11 is 0. The molecule has 4 rings (SSSR count). The summed E-state index contributed by atoms with van der Waals surface area (Å²) in [5, 5.41) is 5.09. The molecule has 1 heterocycles. The number of rotatable bonds is 3. The highest BCUT2D eigenvalue weighted by Crippen LogP contribution is 2.32. The van der Waals surface area contributed by atoms with Gasteiger partial charge in [-0.05, 0) is 22.1 Å². The third kappa shape index (κ3) is 2.88. The van der Waals surface area contributed by atoms with Gasteiger partial charge in [0.1, 0.15) is 0 Å². The highest BCUT2D eigenvalue weighted by molar-refractivity contribution is 7.79. The Balaban J connectivity index is 1.90. The third-order valence-electron chi connectivity index (χ3n) is 3.87. The lowest BCUT2D eigenvalue weighted by Gasteiger charge is -2.18. The van der Waals surface area contributed by atoms with E-state index in [-0.39, 0.29) is 0 Å². The fourth-order valence-corrected chi connectivity index (χ4v) is 4.97. The van der Waals surface area contributed by atoms with E-state index in [4.69, 9.17) is 4.98 Å². The Hall–Kier alpha value is -2.50. The molecule has 0 radical (unpaired) electrons. The van der Waals surface area contributed by atoms with Crippen LogP contribution in [0.3, 0.4) is 0 Å². The second kappa shape index (κ2) is 6.32. The smallest absolute Gasteiger partial charge is 0.0727 e. The van der Waals surface area contributed by atoms with Gasteiger partial charge in [-0.15, -0.1) is 0 Å². The quantitative estimate of drug-likeness (QED) is 0.521. The van der Waals surface area contributed by atoms with Gasteiger partial charge in [0, 0.05) is 19.5 Å². The van der Waals surface area contributed by atoms with E-state index in [1.165, 1.54) is 21.4 Å². The molecule has 3 aromatic carbocycles. The molecule has 1 nitrogen and oxygen atoms in total. The monoisotopic (exact) mass is 313 g/mol. The van der Waals surface area contributed by atoms with Gasteiger partial charge in [0.25, 0.3) is 0 Å². The average molecular weight is 313 g/mol. The maximum atomic E-state index is 4.79. The zero-order chi connectivity index (χ0) is 15.5. The standard InChI is InChI=1S/C21H16NP/c1-3-11-19(12-4-1)23(20-13-5-2-6-14-20)21-15-17-9-7-8-10-18(17)16-22-21/h1-16H. The van der Waals surface area contributed by atoms with E-state index in [1.54, 1.807) is 0 Å². The van der Waals surface area contributed by atoms with Gasteiger partial charge in [-0.25, -0.2) is 0 Å². The summed E-state index contributed by atoms with van der Waals surface area (Å²) in [6, 6.07) is 32.0. The molecule has 0 aliphatic rings. The first-order valence-corrected chi connectivity index (χ1v) is 9.01. The molecular weight excluding hydrogens is 297 g/mol. The lowest BCUT2D eigenvalue weighted by Crippen LogP contribution is -2.22. The molecule has 0 spiro atoms. The first-order valence-electron chi connectivity index (χ1n) is 7.67. The molecule has 0 saturated heterocycles. The molecule has 4 aromatic rings. The number of pyridine rings is 1. The van der Waals surface area contributed by atoms with Crippen LogP contribution >= 0.6 is 7.92 Å². The fraction of sp³-hybridized carbons (Fsp3) is 0. The van der Waals surface area contributed by atoms with Crippen LogP contribution in [-0.2, 0) is 0 Å². The average Bonchev–Trinajstić information content (AvgIpc) is 2.64. The zero-order valence-corrected chi connectivity index (χ0v) is 13.5. The Morgan fingerprint density at radius 1 is 0.565 bits per heavy atom. The maximum Gasteiger partial charge on any atom is 0.0727 e. The molecule has 110 valence electrons. The van der Waals surface area contributed by atoms with Crippen LogP contribution in [0, 0.1) is 0 Å². The van der Waals surface area contributed by atoms with Crippen molar-refractivity contribution in [1.29, 1.82) is 0 Å². The van der Waals surface area contributed by atoms with E-state index >= 15 is 0 Å². The topological polar surface area (TPSA) is 12.9 Å². The molecule has 0 saturated carbocycles. The highest BCUT2D eigenvalue weighted by atomic mass is 31.1. The van der Waals surface area contributed by atoms with Crippen molar-refractivity contribution in [1.82, 2.24) is 4.98 Å². The molecule has 0 atom stereocenters. The fourth-order valence-electron chi connectivity index (χ4n) is 2.76. The normalized spacial score (nSPS) is 11.0. The van der Waals surface area contributed by atoms with Crippen LogP contribution in [-0.4, -0.2) is 4.98 Å². The van der Waals surface area contributed by atoms with Crippen LogP contribution < -0.4 is 16.0 Å². The van der Waals surface area contributed by atoms with Gasteiger partial charge < -0.3 is 0 Å². The molecule has 2 heteroatoms. The predicted octanol–water partition coefficient (Wildman–Crippen LogP) is 3.99. The molecule has 1 aromatic heterocycles. The highest BCUT2D eigenvalue weighted by Gasteiger charge is 2.17. The minimum absolute atomic E-state index is 0.630. The summed E-state index contributed by atoms with van der Waals surface area (Å²) in [4.78, 5) is 4.79. The Morgan fingerprint density at radius 3 is 1.70 bits per heavy atom. The van der Waals surface area contributed by atoms with Gasteiger partial charge in [-0.3, -0.25) is 4.98 Å². The molecular formula is C21H16NP. The van der Waals surface area contributed by atoms with Crippen LogP contribution in [0.2, 0.25) is 0 Å². The van der Waals surface area contributed by atoms with E-state index in [9.17, 15) is 0 Å². The zero-order valence-electron chi connectivity index (χ0n) is 12.6. The van der Waals surface area contributed by atoms with Crippen molar-refractivity contribution in [2.45, 2.75) is 0 Å². The summed E-state index contributed by atoms with van der Waals surface area (Å²) in [6.07, 6.45) is 1.99. The van der Waals surface area contributed by atoms with Crippen molar-refractivity contribution in [2.24, 2.45) is 0 Å². The number of benzene rings is 3. The van der Waals surface area contributed by atoms with Crippen molar-refractivity contribution >= 4 is 34.7 Å². The molecule has 23 heavy (non-hydrogen) atoms. The largest absolute Gasteiger partial charge is 0.255 e. The number of nitrogens with zero attached hydrogens (tertiary/aromatic N) is 1. The van der Waals surface area contributed by atoms with E-state index in [1.807, 2.05) is 6.20 Å². The van der Waals surface area contributed by atoms with Crippen molar-refractivity contribution in [2.75, 3.05) is 0 Å². The van der Waals surface area contributed by atoms with Crippen molar-refractivity contribution in [3.05, 3.63) is 97.2 Å². The summed E-state index contributed by atoms with van der Waals surface area (Å²) in [6.45, 7) is 0. The minimum atomic E-state index is -0.630. The number of fused-ring (bicyclic) bond motifs is 1. The molecule has 0 aliphatic carbocycles. The van der Waals surface area contributed by atoms with Gasteiger partial charge in [-0.1, -0.05) is 84.9 Å². The van der Waals surface area contributed by atoms with Crippen LogP contribution in [0.4, 0.5) is 0 Å². The lowest BCUT2D eigenvalue weighted by atomic mass is 10.2. The number of aromatic nitrogens is 1. The van der Waals surface area contributed by atoms with Crippen LogP contribution in [0.1, 0.15) is 0 Å². The first-order chi connectivity index (χ1) is 11.4. The Labute approximate surface area is 137 Å². The first kappa shape index (κ1) is 14.1. The molecule has 0 bridgehead atoms. The van der Waals surface area contributed by atoms with Crippen molar-refractivity contribution < 1.29 is 0 Å². The van der Waals surface area contributed by atoms with Gasteiger partial charge in [0.05, 0.1) is 5.44 Å². The van der Waals surface area contributed by atoms with E-state index in [0.717, 1.165) is 5.44 Å². The molecule has 0 N–H and O–H groups in total. The second-order valence-electron chi connectivity index (χ2n) is 5.40. The summed E-state index contributed by atoms with van der Waals surface area (Å²) in [7, 11) is -0.630. The molecule has 0 aliphatic heterocycles. The van der Waals surface area contributed by atoms with Crippen LogP contribution in [0.15, 0.2) is 97.2 Å². The Kier molecular flexibility index (Phi) is 3.88. The summed E-state index contributed by atoms with van der Waals surface area (Å²) in [5.74, 6) is 0. The minimum Gasteiger partial charge on any atom is -0.255 e. The second-order valence-corrected chi connectivity index (χ2v) is 7.56. The number of hydrogen-bond acceptors (Lipinski definition) is 1. The van der Waals surface area contributed by atoms with Crippen molar-refractivity contribution in [3.8, 4) is 0 Å². The Bertz CT molecular complexity index is 880. The molecule has 0 amide bonds. The lowest BCUT2D eigenvalue weighted by molar-refractivity contribution is 1.43. The van der Waals surface area contributed by atoms with Crippen LogP contribution in [0.25, 0.3) is 10.8 Å². The van der Waals surface area contributed by atoms with Gasteiger partial charge in [0.2, 0.25) is 0 Å². The SMILES string of the molecule is c1ccc(P(c2ccccc2)c2cc3ccccc3cn2)cc1. The summed E-state index contributed by atoms with van der Waals surface area (Å²) < 4.78 is 0.